The molecule has 190 valence electrons. The maximum atomic E-state index is 13.0. The number of rotatable bonds is 6. The molecule has 2 saturated heterocycles. The molecule has 5 rings (SSSR count). The molecule has 0 radical (unpaired) electrons. The Morgan fingerprint density at radius 3 is 2.63 bits per heavy atom. The van der Waals surface area contributed by atoms with E-state index >= 15 is 0 Å². The summed E-state index contributed by atoms with van der Waals surface area (Å²) in [6, 6.07) is 5.05. The molecule has 2 amide bonds. The molecule has 1 aromatic rings. The van der Waals surface area contributed by atoms with Gasteiger partial charge in [-0.15, -0.1) is 0 Å². The molecule has 0 bridgehead atoms. The Hall–Kier alpha value is -2.59. The lowest BCUT2D eigenvalue weighted by atomic mass is 9.89. The van der Waals surface area contributed by atoms with Gasteiger partial charge in [0.15, 0.2) is 0 Å². The van der Waals surface area contributed by atoms with Crippen LogP contribution in [0.5, 0.6) is 5.75 Å². The Kier molecular flexibility index (Phi) is 6.52. The number of piperidine rings is 1. The summed E-state index contributed by atoms with van der Waals surface area (Å²) in [5, 5.41) is 2.74. The van der Waals surface area contributed by atoms with E-state index in [-0.39, 0.29) is 24.0 Å². The molecule has 10 heteroatoms. The van der Waals surface area contributed by atoms with Gasteiger partial charge >= 0.3 is 6.18 Å². The van der Waals surface area contributed by atoms with Gasteiger partial charge in [0.1, 0.15) is 24.5 Å². The topological polar surface area (TPSA) is 71.1 Å². The number of nitrogens with zero attached hydrogens (tertiary/aromatic N) is 2. The standard InChI is InChI=1S/C25H30F3N3O4/c1-15-6-9-21(23(32)29-15)31-11-16-10-17(7-8-19(16)24(31)33)35-22-5-3-2-4-20(22)30-12-18(13-30)34-14-25(26,27)28/h7-8,10,18,20-22H,1-6,9,11-14H2,(H,29,32)/t20-,21?,22+/m1/s1. The zero-order chi connectivity index (χ0) is 24.7. The first-order chi connectivity index (χ1) is 16.7. The Labute approximate surface area is 202 Å². The number of carbonyl (C=O) groups is 2. The van der Waals surface area contributed by atoms with Crippen LogP contribution in [0.4, 0.5) is 13.2 Å². The van der Waals surface area contributed by atoms with E-state index in [1.54, 1.807) is 17.0 Å². The minimum absolute atomic E-state index is 0.0753. The van der Waals surface area contributed by atoms with Gasteiger partial charge in [-0.05, 0) is 55.9 Å². The lowest BCUT2D eigenvalue weighted by Crippen LogP contribution is -2.61. The Balaban J connectivity index is 1.21. The van der Waals surface area contributed by atoms with Gasteiger partial charge in [-0.3, -0.25) is 14.5 Å². The van der Waals surface area contributed by atoms with E-state index in [1.807, 2.05) is 6.07 Å². The quantitative estimate of drug-likeness (QED) is 0.658. The summed E-state index contributed by atoms with van der Waals surface area (Å²) in [6.07, 6.45) is 0.296. The predicted molar refractivity (Wildman–Crippen MR) is 121 cm³/mol. The van der Waals surface area contributed by atoms with Crippen molar-refractivity contribution in [2.45, 2.75) is 75.5 Å². The van der Waals surface area contributed by atoms with Crippen molar-refractivity contribution in [3.8, 4) is 5.75 Å². The van der Waals surface area contributed by atoms with Crippen LogP contribution in [0.1, 0.15) is 54.4 Å². The van der Waals surface area contributed by atoms with Gasteiger partial charge in [-0.25, -0.2) is 0 Å². The van der Waals surface area contributed by atoms with Crippen molar-refractivity contribution in [2.24, 2.45) is 0 Å². The summed E-state index contributed by atoms with van der Waals surface area (Å²) in [5.41, 5.74) is 2.09. The van der Waals surface area contributed by atoms with Crippen molar-refractivity contribution in [2.75, 3.05) is 19.7 Å². The van der Waals surface area contributed by atoms with E-state index in [4.69, 9.17) is 9.47 Å². The molecule has 3 fully saturated rings. The van der Waals surface area contributed by atoms with Gasteiger partial charge in [-0.2, -0.15) is 13.2 Å². The van der Waals surface area contributed by atoms with E-state index in [0.717, 1.165) is 31.2 Å². The third kappa shape index (κ3) is 5.18. The molecule has 4 aliphatic rings. The molecule has 1 aromatic carbocycles. The summed E-state index contributed by atoms with van der Waals surface area (Å²) in [5.74, 6) is 0.318. The monoisotopic (exact) mass is 493 g/mol. The fourth-order valence-electron chi connectivity index (χ4n) is 5.57. The minimum Gasteiger partial charge on any atom is -0.489 e. The van der Waals surface area contributed by atoms with Gasteiger partial charge in [0.25, 0.3) is 5.91 Å². The highest BCUT2D eigenvalue weighted by molar-refractivity contribution is 6.01. The second-order valence-corrected chi connectivity index (χ2v) is 9.91. The van der Waals surface area contributed by atoms with Crippen LogP contribution < -0.4 is 10.1 Å². The normalized spacial score (nSPS) is 28.0. The van der Waals surface area contributed by atoms with Crippen LogP contribution in [0.2, 0.25) is 0 Å². The third-order valence-corrected chi connectivity index (χ3v) is 7.39. The Morgan fingerprint density at radius 2 is 1.89 bits per heavy atom. The molecule has 1 N–H and O–H groups in total. The summed E-state index contributed by atoms with van der Waals surface area (Å²) in [7, 11) is 0. The average molecular weight is 494 g/mol. The van der Waals surface area contributed by atoms with Gasteiger partial charge in [0.2, 0.25) is 5.91 Å². The van der Waals surface area contributed by atoms with Gasteiger partial charge in [0, 0.05) is 36.9 Å². The van der Waals surface area contributed by atoms with E-state index < -0.39 is 24.9 Å². The second-order valence-electron chi connectivity index (χ2n) is 9.91. The maximum Gasteiger partial charge on any atom is 0.411 e. The largest absolute Gasteiger partial charge is 0.489 e. The highest BCUT2D eigenvalue weighted by Gasteiger charge is 2.41. The molecule has 1 aliphatic carbocycles. The fourth-order valence-corrected chi connectivity index (χ4v) is 5.57. The zero-order valence-electron chi connectivity index (χ0n) is 19.5. The highest BCUT2D eigenvalue weighted by atomic mass is 19.4. The molecule has 1 saturated carbocycles. The molecule has 0 spiro atoms. The number of amides is 2. The molecular weight excluding hydrogens is 463 g/mol. The number of likely N-dealkylation sites (tertiary alicyclic amines) is 1. The molecule has 0 aromatic heterocycles. The number of alkyl halides is 3. The van der Waals surface area contributed by atoms with E-state index in [1.165, 1.54) is 0 Å². The van der Waals surface area contributed by atoms with Crippen LogP contribution in [0, 0.1) is 0 Å². The minimum atomic E-state index is -4.31. The Bertz CT molecular complexity index is 1010. The summed E-state index contributed by atoms with van der Waals surface area (Å²) in [6.45, 7) is 3.89. The SMILES string of the molecule is C=C1CCC(N2Cc3cc(O[C@H]4CCCC[C@H]4N4CC(OCC(F)(F)F)C4)ccc3C2=O)C(=O)N1. The number of allylic oxidation sites excluding steroid dienone is 1. The van der Waals surface area contributed by atoms with E-state index in [0.29, 0.717) is 49.5 Å². The number of halogens is 3. The first-order valence-electron chi connectivity index (χ1n) is 12.2. The maximum absolute atomic E-state index is 13.0. The number of ether oxygens (including phenoxy) is 2. The number of fused-ring (bicyclic) bond motifs is 1. The molecule has 35 heavy (non-hydrogen) atoms. The van der Waals surface area contributed by atoms with Crippen LogP contribution in [-0.4, -0.2) is 71.8 Å². The van der Waals surface area contributed by atoms with Crippen LogP contribution in [0.15, 0.2) is 30.5 Å². The number of benzene rings is 1. The van der Waals surface area contributed by atoms with Crippen LogP contribution >= 0.6 is 0 Å². The summed E-state index contributed by atoms with van der Waals surface area (Å²) < 4.78 is 48.6. The number of hydrogen-bond donors (Lipinski definition) is 1. The van der Waals surface area contributed by atoms with Gasteiger partial charge in [0.05, 0.1) is 6.10 Å². The fraction of sp³-hybridized carbons (Fsp3) is 0.600. The van der Waals surface area contributed by atoms with Crippen LogP contribution in [0.3, 0.4) is 0 Å². The molecule has 3 aliphatic heterocycles. The molecule has 1 unspecified atom stereocenters. The first-order valence-corrected chi connectivity index (χ1v) is 12.2. The predicted octanol–water partition coefficient (Wildman–Crippen LogP) is 3.39. The molecule has 3 atom stereocenters. The third-order valence-electron chi connectivity index (χ3n) is 7.39. The average Bonchev–Trinajstić information content (AvgIpc) is 3.08. The summed E-state index contributed by atoms with van der Waals surface area (Å²) >= 11 is 0. The summed E-state index contributed by atoms with van der Waals surface area (Å²) in [4.78, 5) is 29.1. The van der Waals surface area contributed by atoms with Crippen molar-refractivity contribution >= 4 is 11.8 Å². The van der Waals surface area contributed by atoms with Crippen LogP contribution in [-0.2, 0) is 16.1 Å². The van der Waals surface area contributed by atoms with Gasteiger partial charge < -0.3 is 19.7 Å². The molecular formula is C25H30F3N3O4. The Morgan fingerprint density at radius 1 is 1.11 bits per heavy atom. The van der Waals surface area contributed by atoms with E-state index in [9.17, 15) is 22.8 Å². The van der Waals surface area contributed by atoms with Crippen molar-refractivity contribution in [1.82, 2.24) is 15.1 Å². The highest BCUT2D eigenvalue weighted by Crippen LogP contribution is 2.34. The zero-order valence-corrected chi connectivity index (χ0v) is 19.5. The lowest BCUT2D eigenvalue weighted by molar-refractivity contribution is -0.204. The lowest BCUT2D eigenvalue weighted by Gasteiger charge is -2.48. The first kappa shape index (κ1) is 24.1. The number of carbonyl (C=O) groups excluding carboxylic acids is 2. The van der Waals surface area contributed by atoms with Crippen molar-refractivity contribution in [3.63, 3.8) is 0 Å². The number of hydrogen-bond acceptors (Lipinski definition) is 5. The molecule has 3 heterocycles. The van der Waals surface area contributed by atoms with Crippen molar-refractivity contribution in [1.29, 1.82) is 0 Å². The van der Waals surface area contributed by atoms with Gasteiger partial charge in [-0.1, -0.05) is 13.0 Å². The van der Waals surface area contributed by atoms with Crippen molar-refractivity contribution < 1.29 is 32.2 Å². The van der Waals surface area contributed by atoms with E-state index in [2.05, 4.69) is 16.8 Å². The van der Waals surface area contributed by atoms with Crippen LogP contribution in [0.25, 0.3) is 0 Å². The van der Waals surface area contributed by atoms with Crippen molar-refractivity contribution in [3.05, 3.63) is 41.6 Å². The number of nitrogens with one attached hydrogen (secondary N) is 1. The second kappa shape index (κ2) is 9.46. The smallest absolute Gasteiger partial charge is 0.411 e. The molecule has 7 nitrogen and oxygen atoms in total.